The standard InChI is InChI=1S/C20H32N4O3/c1-4-22-20(24-11-7-8-16(14-24)12-19(21)25)23-13-15(2)27-18-10-6-5-9-17(18)26-3/h5-6,9-10,15-16H,4,7-8,11-14H2,1-3H3,(H2,21,25)(H,22,23). The molecule has 0 bridgehead atoms. The van der Waals surface area contributed by atoms with Gasteiger partial charge in [0.15, 0.2) is 17.5 Å². The predicted molar refractivity (Wildman–Crippen MR) is 107 cm³/mol. The fourth-order valence-electron chi connectivity index (χ4n) is 3.32. The number of methoxy groups -OCH3 is 1. The lowest BCUT2D eigenvalue weighted by atomic mass is 9.95. The van der Waals surface area contributed by atoms with Gasteiger partial charge in [-0.2, -0.15) is 0 Å². The third-order valence-electron chi connectivity index (χ3n) is 4.54. The number of rotatable bonds is 8. The van der Waals surface area contributed by atoms with Crippen LogP contribution in [0.1, 0.15) is 33.1 Å². The van der Waals surface area contributed by atoms with Crippen molar-refractivity contribution in [1.29, 1.82) is 0 Å². The zero-order chi connectivity index (χ0) is 19.6. The Kier molecular flexibility index (Phi) is 8.23. The highest BCUT2D eigenvalue weighted by molar-refractivity contribution is 5.80. The number of carbonyl (C=O) groups excluding carboxylic acids is 1. The van der Waals surface area contributed by atoms with Crippen LogP contribution in [-0.2, 0) is 4.79 Å². The maximum atomic E-state index is 11.2. The van der Waals surface area contributed by atoms with Crippen LogP contribution in [0.2, 0.25) is 0 Å². The van der Waals surface area contributed by atoms with Gasteiger partial charge in [0.2, 0.25) is 5.91 Å². The molecule has 3 N–H and O–H groups in total. The van der Waals surface area contributed by atoms with Crippen LogP contribution >= 0.6 is 0 Å². The highest BCUT2D eigenvalue weighted by atomic mass is 16.5. The maximum absolute atomic E-state index is 11.2. The van der Waals surface area contributed by atoms with E-state index in [1.165, 1.54) is 0 Å². The van der Waals surface area contributed by atoms with Gasteiger partial charge < -0.3 is 25.4 Å². The van der Waals surface area contributed by atoms with Crippen molar-refractivity contribution >= 4 is 11.9 Å². The van der Waals surface area contributed by atoms with E-state index in [9.17, 15) is 4.79 Å². The number of primary amides is 1. The summed E-state index contributed by atoms with van der Waals surface area (Å²) in [6, 6.07) is 7.60. The average Bonchev–Trinajstić information content (AvgIpc) is 2.65. The van der Waals surface area contributed by atoms with E-state index in [1.807, 2.05) is 31.2 Å². The van der Waals surface area contributed by atoms with E-state index in [4.69, 9.17) is 20.2 Å². The number of likely N-dealkylation sites (tertiary alicyclic amines) is 1. The van der Waals surface area contributed by atoms with Crippen LogP contribution in [0.4, 0.5) is 0 Å². The van der Waals surface area contributed by atoms with Crippen molar-refractivity contribution in [2.45, 2.75) is 39.2 Å². The number of benzene rings is 1. The Hall–Kier alpha value is -2.44. The molecule has 2 unspecified atom stereocenters. The molecule has 1 aromatic carbocycles. The first-order valence-corrected chi connectivity index (χ1v) is 9.64. The first kappa shape index (κ1) is 20.9. The van der Waals surface area contributed by atoms with Gasteiger partial charge in [-0.1, -0.05) is 12.1 Å². The topological polar surface area (TPSA) is 89.2 Å². The number of ether oxygens (including phenoxy) is 2. The maximum Gasteiger partial charge on any atom is 0.217 e. The molecule has 0 saturated carbocycles. The minimum absolute atomic E-state index is 0.0961. The summed E-state index contributed by atoms with van der Waals surface area (Å²) >= 11 is 0. The molecule has 2 rings (SSSR count). The molecule has 1 fully saturated rings. The van der Waals surface area contributed by atoms with Crippen LogP contribution in [0, 0.1) is 5.92 Å². The predicted octanol–water partition coefficient (Wildman–Crippen LogP) is 2.02. The van der Waals surface area contributed by atoms with Crippen molar-refractivity contribution in [2.24, 2.45) is 16.6 Å². The molecule has 1 aromatic rings. The summed E-state index contributed by atoms with van der Waals surface area (Å²) in [6.07, 6.45) is 2.41. The van der Waals surface area contributed by atoms with Crippen molar-refractivity contribution in [3.63, 3.8) is 0 Å². The Bertz CT molecular complexity index is 635. The van der Waals surface area contributed by atoms with Gasteiger partial charge in [0.25, 0.3) is 0 Å². The Morgan fingerprint density at radius 2 is 2.15 bits per heavy atom. The summed E-state index contributed by atoms with van der Waals surface area (Å²) in [4.78, 5) is 18.2. The lowest BCUT2D eigenvalue weighted by Crippen LogP contribution is -2.47. The molecular weight excluding hydrogens is 344 g/mol. The van der Waals surface area contributed by atoms with E-state index < -0.39 is 0 Å². The monoisotopic (exact) mass is 376 g/mol. The second-order valence-electron chi connectivity index (χ2n) is 6.90. The Labute approximate surface area is 161 Å². The fourth-order valence-corrected chi connectivity index (χ4v) is 3.32. The number of nitrogens with zero attached hydrogens (tertiary/aromatic N) is 2. The van der Waals surface area contributed by atoms with Crippen molar-refractivity contribution in [1.82, 2.24) is 10.2 Å². The molecule has 1 amide bonds. The van der Waals surface area contributed by atoms with Gasteiger partial charge >= 0.3 is 0 Å². The fraction of sp³-hybridized carbons (Fsp3) is 0.600. The first-order chi connectivity index (χ1) is 13.0. The molecule has 1 heterocycles. The van der Waals surface area contributed by atoms with Crippen LogP contribution in [0.3, 0.4) is 0 Å². The molecule has 0 radical (unpaired) electrons. The van der Waals surface area contributed by atoms with Crippen molar-refractivity contribution in [2.75, 3.05) is 33.3 Å². The number of carbonyl (C=O) groups is 1. The molecule has 27 heavy (non-hydrogen) atoms. The summed E-state index contributed by atoms with van der Waals surface area (Å²) in [5.41, 5.74) is 5.37. The molecule has 0 aromatic heterocycles. The molecule has 1 aliphatic heterocycles. The number of aliphatic imine (C=N–C) groups is 1. The summed E-state index contributed by atoms with van der Waals surface area (Å²) in [7, 11) is 1.63. The Balaban J connectivity index is 1.98. The van der Waals surface area contributed by atoms with Crippen molar-refractivity contribution in [3.8, 4) is 11.5 Å². The second kappa shape index (κ2) is 10.6. The lowest BCUT2D eigenvalue weighted by Gasteiger charge is -2.34. The van der Waals surface area contributed by atoms with Crippen molar-refractivity contribution < 1.29 is 14.3 Å². The number of para-hydroxylation sites is 2. The summed E-state index contributed by atoms with van der Waals surface area (Å²) in [6.45, 7) is 7.09. The Morgan fingerprint density at radius 3 is 2.81 bits per heavy atom. The quantitative estimate of drug-likeness (QED) is 0.535. The third-order valence-corrected chi connectivity index (χ3v) is 4.54. The van der Waals surface area contributed by atoms with Gasteiger partial charge in [0.1, 0.15) is 6.10 Å². The van der Waals surface area contributed by atoms with Gasteiger partial charge in [-0.15, -0.1) is 0 Å². The van der Waals surface area contributed by atoms with Crippen LogP contribution in [0.5, 0.6) is 11.5 Å². The molecule has 150 valence electrons. The van der Waals surface area contributed by atoms with Crippen LogP contribution < -0.4 is 20.5 Å². The van der Waals surface area contributed by atoms with E-state index in [-0.39, 0.29) is 12.0 Å². The van der Waals surface area contributed by atoms with Crippen LogP contribution in [-0.4, -0.2) is 56.2 Å². The largest absolute Gasteiger partial charge is 0.493 e. The highest BCUT2D eigenvalue weighted by Crippen LogP contribution is 2.26. The SMILES string of the molecule is CCNC(=NCC(C)Oc1ccccc1OC)N1CCCC(CC(N)=O)C1. The van der Waals surface area contributed by atoms with E-state index in [0.717, 1.165) is 38.4 Å². The Morgan fingerprint density at radius 1 is 1.41 bits per heavy atom. The smallest absolute Gasteiger partial charge is 0.217 e. The summed E-state index contributed by atoms with van der Waals surface area (Å²) < 4.78 is 11.3. The number of nitrogens with one attached hydrogen (secondary N) is 1. The van der Waals surface area contributed by atoms with Gasteiger partial charge in [-0.05, 0) is 44.7 Å². The summed E-state index contributed by atoms with van der Waals surface area (Å²) in [5, 5.41) is 3.35. The molecule has 0 spiro atoms. The van der Waals surface area contributed by atoms with E-state index in [0.29, 0.717) is 30.4 Å². The van der Waals surface area contributed by atoms with Gasteiger partial charge in [0.05, 0.1) is 13.7 Å². The number of hydrogen-bond donors (Lipinski definition) is 2. The van der Waals surface area contributed by atoms with Gasteiger partial charge in [0, 0.05) is 26.1 Å². The first-order valence-electron chi connectivity index (χ1n) is 9.64. The van der Waals surface area contributed by atoms with Gasteiger partial charge in [-0.25, -0.2) is 4.99 Å². The molecular formula is C20H32N4O3. The number of piperidine rings is 1. The second-order valence-corrected chi connectivity index (χ2v) is 6.90. The lowest BCUT2D eigenvalue weighted by molar-refractivity contribution is -0.119. The molecule has 1 aliphatic rings. The molecule has 7 heteroatoms. The number of amides is 1. The molecule has 2 atom stereocenters. The van der Waals surface area contributed by atoms with Crippen LogP contribution in [0.25, 0.3) is 0 Å². The minimum atomic E-state index is -0.234. The number of guanidine groups is 1. The van der Waals surface area contributed by atoms with Crippen LogP contribution in [0.15, 0.2) is 29.3 Å². The average molecular weight is 377 g/mol. The number of hydrogen-bond acceptors (Lipinski definition) is 4. The minimum Gasteiger partial charge on any atom is -0.493 e. The van der Waals surface area contributed by atoms with E-state index in [1.54, 1.807) is 7.11 Å². The molecule has 1 saturated heterocycles. The van der Waals surface area contributed by atoms with E-state index in [2.05, 4.69) is 17.1 Å². The number of nitrogens with two attached hydrogens (primary N) is 1. The molecule has 7 nitrogen and oxygen atoms in total. The van der Waals surface area contributed by atoms with E-state index >= 15 is 0 Å². The van der Waals surface area contributed by atoms with Gasteiger partial charge in [-0.3, -0.25) is 4.79 Å². The molecule has 0 aliphatic carbocycles. The normalized spacial score (nSPS) is 18.7. The zero-order valence-electron chi connectivity index (χ0n) is 16.6. The summed E-state index contributed by atoms with van der Waals surface area (Å²) in [5.74, 6) is 2.35. The third kappa shape index (κ3) is 6.66. The van der Waals surface area contributed by atoms with Crippen molar-refractivity contribution in [3.05, 3.63) is 24.3 Å². The highest BCUT2D eigenvalue weighted by Gasteiger charge is 2.23. The zero-order valence-corrected chi connectivity index (χ0v) is 16.6.